The summed E-state index contributed by atoms with van der Waals surface area (Å²) in [7, 11) is 0. The van der Waals surface area contributed by atoms with Crippen molar-refractivity contribution >= 4 is 49.0 Å². The van der Waals surface area contributed by atoms with E-state index in [2.05, 4.69) is 31.9 Å². The van der Waals surface area contributed by atoms with Gasteiger partial charge in [0.1, 0.15) is 0 Å². The lowest BCUT2D eigenvalue weighted by Gasteiger charge is -2.35. The molecule has 0 atom stereocenters. The number of aliphatic hydroxyl groups excluding tert-OH is 1. The molecule has 1 aliphatic heterocycles. The van der Waals surface area contributed by atoms with E-state index < -0.39 is 0 Å². The highest BCUT2D eigenvalue weighted by atomic mass is 79.9. The van der Waals surface area contributed by atoms with Gasteiger partial charge in [-0.1, -0.05) is 0 Å². The quantitative estimate of drug-likeness (QED) is 0.845. The molecule has 1 aromatic rings. The van der Waals surface area contributed by atoms with Crippen LogP contribution in [0.1, 0.15) is 10.4 Å². The Labute approximate surface area is 108 Å². The molecule has 0 unspecified atom stereocenters. The lowest BCUT2D eigenvalue weighted by Crippen LogP contribution is -2.52. The van der Waals surface area contributed by atoms with E-state index in [-0.39, 0.29) is 11.9 Å². The van der Waals surface area contributed by atoms with Crippen molar-refractivity contribution in [2.45, 2.75) is 6.10 Å². The van der Waals surface area contributed by atoms with Gasteiger partial charge < -0.3 is 5.11 Å². The highest BCUT2D eigenvalue weighted by Gasteiger charge is 2.27. The fourth-order valence-corrected chi connectivity index (χ4v) is 4.35. The summed E-state index contributed by atoms with van der Waals surface area (Å²) in [6, 6.07) is 1.83. The lowest BCUT2D eigenvalue weighted by atomic mass is 10.1. The molecule has 0 bridgehead atoms. The first-order valence-electron chi connectivity index (χ1n) is 4.44. The number of Topliss-reactive ketones (excluding diaryl/α,β-unsaturated/α-hetero) is 1. The molecule has 0 aliphatic carbocycles. The smallest absolute Gasteiger partial charge is 0.178 e. The summed E-state index contributed by atoms with van der Waals surface area (Å²) in [5, 5.41) is 9.09. The molecule has 0 amide bonds. The number of hydrogen-bond acceptors (Lipinski definition) is 4. The molecule has 1 saturated heterocycles. The molecule has 0 saturated carbocycles. The van der Waals surface area contributed by atoms with Crippen molar-refractivity contribution < 1.29 is 9.90 Å². The van der Waals surface area contributed by atoms with Gasteiger partial charge in [-0.15, -0.1) is 11.3 Å². The molecule has 15 heavy (non-hydrogen) atoms. The zero-order chi connectivity index (χ0) is 11.0. The third-order valence-electron chi connectivity index (χ3n) is 2.26. The van der Waals surface area contributed by atoms with E-state index in [0.29, 0.717) is 25.2 Å². The molecule has 1 aromatic heterocycles. The van der Waals surface area contributed by atoms with E-state index in [1.165, 1.54) is 11.3 Å². The summed E-state index contributed by atoms with van der Waals surface area (Å²) >= 11 is 8.20. The van der Waals surface area contributed by atoms with Gasteiger partial charge in [-0.25, -0.2) is 0 Å². The summed E-state index contributed by atoms with van der Waals surface area (Å²) in [5.41, 5.74) is 0.716. The molecule has 3 nitrogen and oxygen atoms in total. The standard InChI is InChI=1S/C9H9Br2NO2S/c10-8-1-6(9(11)15-8)7(14)4-12-2-5(13)3-12/h1,5,13H,2-4H2. The largest absolute Gasteiger partial charge is 0.390 e. The normalized spacial score (nSPS) is 17.8. The average Bonchev–Trinajstić information content (AvgIpc) is 2.42. The van der Waals surface area contributed by atoms with Crippen LogP contribution in [0.15, 0.2) is 13.6 Å². The Bertz CT molecular complexity index is 387. The van der Waals surface area contributed by atoms with E-state index >= 15 is 0 Å². The van der Waals surface area contributed by atoms with Gasteiger partial charge in [0, 0.05) is 18.7 Å². The van der Waals surface area contributed by atoms with Gasteiger partial charge in [-0.3, -0.25) is 9.69 Å². The maximum atomic E-state index is 11.8. The minimum atomic E-state index is -0.254. The number of thiophene rings is 1. The number of nitrogens with zero attached hydrogens (tertiary/aromatic N) is 1. The molecule has 1 aliphatic rings. The maximum Gasteiger partial charge on any atom is 0.178 e. The topological polar surface area (TPSA) is 40.5 Å². The molecule has 2 rings (SSSR count). The number of β-amino-alcohol motifs (C(OH)–C–C–N with tert-alkyl or cyclic N) is 1. The van der Waals surface area contributed by atoms with Gasteiger partial charge in [-0.05, 0) is 37.9 Å². The monoisotopic (exact) mass is 353 g/mol. The van der Waals surface area contributed by atoms with Gasteiger partial charge >= 0.3 is 0 Å². The summed E-state index contributed by atoms with van der Waals surface area (Å²) in [6.45, 7) is 1.60. The van der Waals surface area contributed by atoms with Crippen LogP contribution in [-0.4, -0.2) is 41.5 Å². The van der Waals surface area contributed by atoms with Crippen LogP contribution in [0.3, 0.4) is 0 Å². The second-order valence-corrected chi connectivity index (χ2v) is 7.26. The molecule has 0 aromatic carbocycles. The molecular weight excluding hydrogens is 346 g/mol. The number of aliphatic hydroxyl groups is 1. The van der Waals surface area contributed by atoms with Crippen LogP contribution in [0, 0.1) is 0 Å². The van der Waals surface area contributed by atoms with Crippen molar-refractivity contribution in [3.8, 4) is 0 Å². The van der Waals surface area contributed by atoms with Crippen molar-refractivity contribution in [2.24, 2.45) is 0 Å². The Balaban J connectivity index is 1.99. The van der Waals surface area contributed by atoms with Crippen LogP contribution in [0.2, 0.25) is 0 Å². The van der Waals surface area contributed by atoms with Crippen LogP contribution in [-0.2, 0) is 0 Å². The second-order valence-electron chi connectivity index (χ2n) is 3.51. The minimum absolute atomic E-state index is 0.0933. The van der Waals surface area contributed by atoms with Gasteiger partial charge in [0.25, 0.3) is 0 Å². The molecule has 1 fully saturated rings. The van der Waals surface area contributed by atoms with Gasteiger partial charge in [0.2, 0.25) is 0 Å². The Morgan fingerprint density at radius 3 is 2.73 bits per heavy atom. The highest BCUT2D eigenvalue weighted by molar-refractivity contribution is 9.12. The average molecular weight is 355 g/mol. The minimum Gasteiger partial charge on any atom is -0.390 e. The number of halogens is 2. The number of hydrogen-bond donors (Lipinski definition) is 1. The molecule has 82 valence electrons. The van der Waals surface area contributed by atoms with Crippen LogP contribution < -0.4 is 0 Å². The first kappa shape index (κ1) is 11.7. The molecular formula is C9H9Br2NO2S. The van der Waals surface area contributed by atoms with E-state index in [0.717, 1.165) is 7.57 Å². The van der Waals surface area contributed by atoms with E-state index in [1.807, 2.05) is 11.0 Å². The number of carbonyl (C=O) groups excluding carboxylic acids is 1. The van der Waals surface area contributed by atoms with Crippen molar-refractivity contribution in [3.63, 3.8) is 0 Å². The van der Waals surface area contributed by atoms with E-state index in [9.17, 15) is 4.79 Å². The Morgan fingerprint density at radius 2 is 2.27 bits per heavy atom. The Hall–Kier alpha value is 0.250. The van der Waals surface area contributed by atoms with Crippen molar-refractivity contribution in [3.05, 3.63) is 19.2 Å². The first-order valence-corrected chi connectivity index (χ1v) is 6.85. The zero-order valence-electron chi connectivity index (χ0n) is 7.74. The Morgan fingerprint density at radius 1 is 1.60 bits per heavy atom. The molecule has 0 spiro atoms. The number of rotatable bonds is 3. The number of ketones is 1. The third kappa shape index (κ3) is 2.68. The van der Waals surface area contributed by atoms with Crippen LogP contribution >= 0.6 is 43.2 Å². The first-order chi connectivity index (χ1) is 7.06. The van der Waals surface area contributed by atoms with Crippen molar-refractivity contribution in [1.29, 1.82) is 0 Å². The van der Waals surface area contributed by atoms with Gasteiger partial charge in [-0.2, -0.15) is 0 Å². The van der Waals surface area contributed by atoms with Crippen molar-refractivity contribution in [1.82, 2.24) is 4.90 Å². The molecule has 1 N–H and O–H groups in total. The molecule has 0 radical (unpaired) electrons. The maximum absolute atomic E-state index is 11.8. The predicted octanol–water partition coefficient (Wildman–Crippen LogP) is 2.13. The predicted molar refractivity (Wildman–Crippen MR) is 66.5 cm³/mol. The Kier molecular flexibility index (Phi) is 3.62. The summed E-state index contributed by atoms with van der Waals surface area (Å²) in [4.78, 5) is 13.8. The lowest BCUT2D eigenvalue weighted by molar-refractivity contribution is 0.00514. The second kappa shape index (κ2) is 4.63. The summed E-state index contributed by atoms with van der Waals surface area (Å²) in [6.07, 6.45) is -0.254. The SMILES string of the molecule is O=C(CN1CC(O)C1)c1cc(Br)sc1Br. The fraction of sp³-hybridized carbons (Fsp3) is 0.444. The van der Waals surface area contributed by atoms with Crippen LogP contribution in [0.4, 0.5) is 0 Å². The van der Waals surface area contributed by atoms with Crippen LogP contribution in [0.25, 0.3) is 0 Å². The highest BCUT2D eigenvalue weighted by Crippen LogP contribution is 2.32. The van der Waals surface area contributed by atoms with Gasteiger partial charge in [0.05, 0.1) is 20.2 Å². The van der Waals surface area contributed by atoms with Gasteiger partial charge in [0.15, 0.2) is 5.78 Å². The zero-order valence-corrected chi connectivity index (χ0v) is 11.7. The van der Waals surface area contributed by atoms with E-state index in [4.69, 9.17) is 5.11 Å². The number of carbonyl (C=O) groups is 1. The third-order valence-corrected chi connectivity index (χ3v) is 4.60. The fourth-order valence-electron chi connectivity index (χ4n) is 1.49. The van der Waals surface area contributed by atoms with E-state index in [1.54, 1.807) is 0 Å². The van der Waals surface area contributed by atoms with Crippen LogP contribution in [0.5, 0.6) is 0 Å². The molecule has 2 heterocycles. The molecule has 6 heteroatoms. The number of likely N-dealkylation sites (tertiary alicyclic amines) is 1. The summed E-state index contributed by atoms with van der Waals surface area (Å²) in [5.74, 6) is 0.0933. The summed E-state index contributed by atoms with van der Waals surface area (Å²) < 4.78 is 1.81. The van der Waals surface area contributed by atoms with Crippen molar-refractivity contribution in [2.75, 3.05) is 19.6 Å².